The van der Waals surface area contributed by atoms with Crippen LogP contribution in [0.1, 0.15) is 36.8 Å². The third-order valence-corrected chi connectivity index (χ3v) is 8.51. The number of thiophene rings is 1. The fourth-order valence-corrected chi connectivity index (χ4v) is 6.67. The SMILES string of the molecule is O=C(C[C@@H]1CCCN(Cc2csc3ccccc23)C1)N1CCC2=C(C1)C(c1ccncc1)=NC2. The molecule has 0 radical (unpaired) electrons. The van der Waals surface area contributed by atoms with Gasteiger partial charge in [-0.2, -0.15) is 0 Å². The minimum atomic E-state index is 0.306. The van der Waals surface area contributed by atoms with Crippen LogP contribution < -0.4 is 0 Å². The summed E-state index contributed by atoms with van der Waals surface area (Å²) in [5, 5.41) is 3.69. The summed E-state index contributed by atoms with van der Waals surface area (Å²) in [6, 6.07) is 12.7. The van der Waals surface area contributed by atoms with Gasteiger partial charge in [0.25, 0.3) is 0 Å². The molecule has 0 saturated carbocycles. The highest BCUT2D eigenvalue weighted by molar-refractivity contribution is 7.17. The van der Waals surface area contributed by atoms with Crippen LogP contribution in [0.2, 0.25) is 0 Å². The molecule has 1 amide bonds. The Morgan fingerprint density at radius 3 is 2.91 bits per heavy atom. The Bertz CT molecular complexity index is 1260. The van der Waals surface area contributed by atoms with E-state index in [1.54, 1.807) is 0 Å². The van der Waals surface area contributed by atoms with Crippen LogP contribution in [-0.4, -0.2) is 59.1 Å². The van der Waals surface area contributed by atoms with Crippen molar-refractivity contribution in [1.29, 1.82) is 0 Å². The number of benzene rings is 1. The summed E-state index contributed by atoms with van der Waals surface area (Å²) >= 11 is 1.83. The topological polar surface area (TPSA) is 48.8 Å². The molecule has 3 aromatic rings. The molecule has 3 aliphatic heterocycles. The van der Waals surface area contributed by atoms with Gasteiger partial charge >= 0.3 is 0 Å². The molecule has 0 aliphatic carbocycles. The number of carbonyl (C=O) groups is 1. The number of aromatic nitrogens is 1. The number of amides is 1. The molecule has 5 heterocycles. The second-order valence-corrected chi connectivity index (χ2v) is 10.7. The number of carbonyl (C=O) groups excluding carboxylic acids is 1. The van der Waals surface area contributed by atoms with Crippen molar-refractivity contribution in [3.05, 3.63) is 76.4 Å². The number of pyridine rings is 1. The molecule has 174 valence electrons. The van der Waals surface area contributed by atoms with Crippen LogP contribution in [-0.2, 0) is 11.3 Å². The van der Waals surface area contributed by atoms with Crippen LogP contribution >= 0.6 is 11.3 Å². The van der Waals surface area contributed by atoms with E-state index < -0.39 is 0 Å². The fraction of sp³-hybridized carbons (Fsp3) is 0.393. The van der Waals surface area contributed by atoms with Gasteiger partial charge in [0.05, 0.1) is 12.3 Å². The van der Waals surface area contributed by atoms with Gasteiger partial charge in [-0.05, 0) is 77.4 Å². The molecule has 2 aromatic heterocycles. The third kappa shape index (κ3) is 4.32. The molecule has 1 fully saturated rings. The summed E-state index contributed by atoms with van der Waals surface area (Å²) < 4.78 is 1.36. The highest BCUT2D eigenvalue weighted by Gasteiger charge is 2.31. The Labute approximate surface area is 204 Å². The Morgan fingerprint density at radius 1 is 1.12 bits per heavy atom. The smallest absolute Gasteiger partial charge is 0.223 e. The summed E-state index contributed by atoms with van der Waals surface area (Å²) in [4.78, 5) is 26.9. The van der Waals surface area contributed by atoms with Crippen LogP contribution in [0.15, 0.2) is 70.3 Å². The summed E-state index contributed by atoms with van der Waals surface area (Å²) in [6.45, 7) is 5.44. The lowest BCUT2D eigenvalue weighted by Crippen LogP contribution is -2.41. The first kappa shape index (κ1) is 21.7. The van der Waals surface area contributed by atoms with Crippen molar-refractivity contribution < 1.29 is 4.79 Å². The van der Waals surface area contributed by atoms with Crippen LogP contribution in [0.5, 0.6) is 0 Å². The van der Waals surface area contributed by atoms with E-state index in [0.717, 1.165) is 56.8 Å². The monoisotopic (exact) mass is 470 g/mol. The zero-order chi connectivity index (χ0) is 22.9. The molecule has 6 rings (SSSR count). The molecule has 1 saturated heterocycles. The molecule has 1 aromatic carbocycles. The minimum Gasteiger partial charge on any atom is -0.338 e. The standard InChI is InChI=1S/C28H30N4OS/c33-27(32-13-9-22-15-30-28(25(22)18-32)21-7-10-29-11-8-21)14-20-4-3-12-31(16-20)17-23-19-34-26-6-2-1-5-24(23)26/h1-2,5-8,10-11,19-20H,3-4,9,12-18H2/t20-/m0/s1. The maximum absolute atomic E-state index is 13.3. The van der Waals surface area contributed by atoms with Crippen molar-refractivity contribution in [3.63, 3.8) is 0 Å². The number of hydrogen-bond acceptors (Lipinski definition) is 5. The summed E-state index contributed by atoms with van der Waals surface area (Å²) in [7, 11) is 0. The van der Waals surface area contributed by atoms with E-state index in [9.17, 15) is 4.79 Å². The Morgan fingerprint density at radius 2 is 2.00 bits per heavy atom. The van der Waals surface area contributed by atoms with Crippen molar-refractivity contribution in [2.24, 2.45) is 10.9 Å². The van der Waals surface area contributed by atoms with Crippen LogP contribution in [0, 0.1) is 5.92 Å². The largest absolute Gasteiger partial charge is 0.338 e. The Balaban J connectivity index is 1.08. The van der Waals surface area contributed by atoms with E-state index in [2.05, 4.69) is 44.4 Å². The molecule has 0 spiro atoms. The quantitative estimate of drug-likeness (QED) is 0.531. The predicted octanol–water partition coefficient (Wildman–Crippen LogP) is 4.93. The molecular weight excluding hydrogens is 440 g/mol. The van der Waals surface area contributed by atoms with Crippen LogP contribution in [0.4, 0.5) is 0 Å². The average Bonchev–Trinajstić information content (AvgIpc) is 3.49. The zero-order valence-corrected chi connectivity index (χ0v) is 20.3. The average molecular weight is 471 g/mol. The van der Waals surface area contributed by atoms with Crippen LogP contribution in [0.25, 0.3) is 10.1 Å². The first-order valence-electron chi connectivity index (χ1n) is 12.4. The molecule has 1 atom stereocenters. The lowest BCUT2D eigenvalue weighted by molar-refractivity contribution is -0.132. The maximum Gasteiger partial charge on any atom is 0.223 e. The van der Waals surface area contributed by atoms with E-state index in [-0.39, 0.29) is 0 Å². The second kappa shape index (κ2) is 9.43. The van der Waals surface area contributed by atoms with Gasteiger partial charge in [0.2, 0.25) is 5.91 Å². The van der Waals surface area contributed by atoms with E-state index in [0.29, 0.717) is 24.8 Å². The van der Waals surface area contributed by atoms with E-state index in [1.165, 1.54) is 33.2 Å². The number of aliphatic imine (C=N–C) groups is 1. The molecular formula is C28H30N4OS. The minimum absolute atomic E-state index is 0.306. The van der Waals surface area contributed by atoms with Crippen molar-refractivity contribution in [2.75, 3.05) is 32.7 Å². The van der Waals surface area contributed by atoms with Gasteiger partial charge in [-0.1, -0.05) is 18.2 Å². The fourth-order valence-electron chi connectivity index (χ4n) is 5.71. The highest BCUT2D eigenvalue weighted by Crippen LogP contribution is 2.31. The van der Waals surface area contributed by atoms with Crippen LogP contribution in [0.3, 0.4) is 0 Å². The second-order valence-electron chi connectivity index (χ2n) is 9.75. The molecule has 34 heavy (non-hydrogen) atoms. The van der Waals surface area contributed by atoms with Crippen molar-refractivity contribution >= 4 is 33.0 Å². The van der Waals surface area contributed by atoms with Gasteiger partial charge in [0.15, 0.2) is 0 Å². The molecule has 0 unspecified atom stereocenters. The highest BCUT2D eigenvalue weighted by atomic mass is 32.1. The van der Waals surface area contributed by atoms with E-state index in [4.69, 9.17) is 4.99 Å². The summed E-state index contributed by atoms with van der Waals surface area (Å²) in [6.07, 6.45) is 7.56. The number of hydrogen-bond donors (Lipinski definition) is 0. The first-order chi connectivity index (χ1) is 16.7. The summed E-state index contributed by atoms with van der Waals surface area (Å²) in [5.74, 6) is 0.749. The zero-order valence-electron chi connectivity index (χ0n) is 19.4. The van der Waals surface area contributed by atoms with Gasteiger partial charge in [-0.3, -0.25) is 19.7 Å². The predicted molar refractivity (Wildman–Crippen MR) is 138 cm³/mol. The first-order valence-corrected chi connectivity index (χ1v) is 13.2. The number of fused-ring (bicyclic) bond motifs is 1. The lowest BCUT2D eigenvalue weighted by atomic mass is 9.92. The van der Waals surface area contributed by atoms with Gasteiger partial charge in [0, 0.05) is 55.3 Å². The number of piperidine rings is 1. The van der Waals surface area contributed by atoms with Gasteiger partial charge in [0.1, 0.15) is 0 Å². The number of rotatable bonds is 5. The maximum atomic E-state index is 13.3. The molecule has 5 nitrogen and oxygen atoms in total. The third-order valence-electron chi connectivity index (χ3n) is 7.50. The van der Waals surface area contributed by atoms with Crippen molar-refractivity contribution in [3.8, 4) is 0 Å². The Kier molecular flexibility index (Phi) is 6.02. The molecule has 0 N–H and O–H groups in total. The van der Waals surface area contributed by atoms with Crippen molar-refractivity contribution in [1.82, 2.24) is 14.8 Å². The normalized spacial score (nSPS) is 21.1. The lowest BCUT2D eigenvalue weighted by Gasteiger charge is -2.34. The number of nitrogens with zero attached hydrogens (tertiary/aromatic N) is 4. The number of likely N-dealkylation sites (tertiary alicyclic amines) is 1. The molecule has 0 bridgehead atoms. The Hall–Kier alpha value is -2.83. The van der Waals surface area contributed by atoms with E-state index >= 15 is 0 Å². The van der Waals surface area contributed by atoms with Gasteiger partial charge in [-0.25, -0.2) is 0 Å². The van der Waals surface area contributed by atoms with E-state index in [1.807, 2.05) is 35.9 Å². The van der Waals surface area contributed by atoms with Crippen molar-refractivity contribution in [2.45, 2.75) is 32.2 Å². The molecule has 6 heteroatoms. The molecule has 3 aliphatic rings. The summed E-state index contributed by atoms with van der Waals surface area (Å²) in [5.41, 5.74) is 6.26. The van der Waals surface area contributed by atoms with Gasteiger partial charge < -0.3 is 4.90 Å². The van der Waals surface area contributed by atoms with Gasteiger partial charge in [-0.15, -0.1) is 11.3 Å².